The van der Waals surface area contributed by atoms with Crippen LogP contribution in [0.3, 0.4) is 0 Å². The number of hydrogen-bond acceptors (Lipinski definition) is 4. The molecule has 0 bridgehead atoms. The number of halogens is 1. The minimum Gasteiger partial charge on any atom is -0.462 e. The summed E-state index contributed by atoms with van der Waals surface area (Å²) in [6.07, 6.45) is 7.32. The molecule has 6 nitrogen and oxygen atoms in total. The first-order valence-electron chi connectivity index (χ1n) is 9.80. The van der Waals surface area contributed by atoms with E-state index in [0.29, 0.717) is 24.5 Å². The van der Waals surface area contributed by atoms with E-state index >= 15 is 0 Å². The van der Waals surface area contributed by atoms with E-state index in [9.17, 15) is 4.79 Å². The van der Waals surface area contributed by atoms with E-state index in [-0.39, 0.29) is 41.5 Å². The van der Waals surface area contributed by atoms with Crippen LogP contribution in [0.2, 0.25) is 0 Å². The Balaban J connectivity index is 0.00000243. The molecule has 0 spiro atoms. The highest BCUT2D eigenvalue weighted by Gasteiger charge is 2.59. The van der Waals surface area contributed by atoms with Gasteiger partial charge in [-0.25, -0.2) is 0 Å². The predicted molar refractivity (Wildman–Crippen MR) is 113 cm³/mol. The van der Waals surface area contributed by atoms with Crippen molar-refractivity contribution < 1.29 is 14.3 Å². The maximum Gasteiger partial charge on any atom is 0.306 e. The third kappa shape index (κ3) is 4.82. The largest absolute Gasteiger partial charge is 0.462 e. The smallest absolute Gasteiger partial charge is 0.306 e. The van der Waals surface area contributed by atoms with Crippen LogP contribution in [0.1, 0.15) is 58.8 Å². The van der Waals surface area contributed by atoms with E-state index in [2.05, 4.69) is 29.5 Å². The summed E-state index contributed by atoms with van der Waals surface area (Å²) in [5.74, 6) is 1.32. The number of esters is 1. The summed E-state index contributed by atoms with van der Waals surface area (Å²) in [5, 5.41) is 6.88. The number of nitrogens with zero attached hydrogens (tertiary/aromatic N) is 1. The lowest BCUT2D eigenvalue weighted by molar-refractivity contribution is -0.148. The molecule has 0 aromatic rings. The molecule has 2 aliphatic carbocycles. The molecule has 0 amide bonds. The minimum absolute atomic E-state index is 0. The topological polar surface area (TPSA) is 72.0 Å². The molecule has 3 aliphatic rings. The number of aliphatic imine (C=N–C) groups is 1. The third-order valence-corrected chi connectivity index (χ3v) is 6.07. The molecule has 1 aliphatic heterocycles. The second-order valence-electron chi connectivity index (χ2n) is 8.19. The van der Waals surface area contributed by atoms with Gasteiger partial charge >= 0.3 is 5.97 Å². The summed E-state index contributed by atoms with van der Waals surface area (Å²) in [6, 6.07) is 0.388. The Morgan fingerprint density at radius 2 is 2.00 bits per heavy atom. The Hall–Kier alpha value is -0.570. The minimum atomic E-state index is -0.0669. The second kappa shape index (κ2) is 9.57. The van der Waals surface area contributed by atoms with Gasteiger partial charge in [-0.3, -0.25) is 9.79 Å². The molecule has 2 saturated carbocycles. The molecule has 3 rings (SSSR count). The van der Waals surface area contributed by atoms with E-state index < -0.39 is 0 Å². The van der Waals surface area contributed by atoms with Gasteiger partial charge < -0.3 is 20.1 Å². The molecule has 26 heavy (non-hydrogen) atoms. The molecule has 2 N–H and O–H groups in total. The number of hydrogen-bond donors (Lipinski definition) is 2. The fraction of sp³-hybridized carbons (Fsp3) is 0.895. The SMILES string of the molecule is CN=C(NCCCC(=O)OC1CCCC1)NC1C2CCOC2C1(C)C.I. The lowest BCUT2D eigenvalue weighted by Crippen LogP contribution is -2.67. The van der Waals surface area contributed by atoms with E-state index in [0.717, 1.165) is 44.8 Å². The molecule has 3 unspecified atom stereocenters. The van der Waals surface area contributed by atoms with Gasteiger partial charge in [0.25, 0.3) is 0 Å². The number of nitrogens with one attached hydrogen (secondary N) is 2. The average molecular weight is 479 g/mol. The zero-order valence-corrected chi connectivity index (χ0v) is 18.6. The Morgan fingerprint density at radius 3 is 2.69 bits per heavy atom. The van der Waals surface area contributed by atoms with E-state index in [4.69, 9.17) is 9.47 Å². The van der Waals surface area contributed by atoms with Crippen molar-refractivity contribution in [2.45, 2.75) is 77.0 Å². The molecule has 0 aromatic heterocycles. The highest BCUT2D eigenvalue weighted by atomic mass is 127. The fourth-order valence-corrected chi connectivity index (χ4v) is 4.65. The molecule has 150 valence electrons. The van der Waals surface area contributed by atoms with Crippen LogP contribution in [-0.2, 0) is 14.3 Å². The van der Waals surface area contributed by atoms with Gasteiger partial charge in [0.15, 0.2) is 5.96 Å². The van der Waals surface area contributed by atoms with Crippen molar-refractivity contribution in [2.24, 2.45) is 16.3 Å². The van der Waals surface area contributed by atoms with Crippen molar-refractivity contribution in [3.63, 3.8) is 0 Å². The van der Waals surface area contributed by atoms with Crippen molar-refractivity contribution >= 4 is 35.9 Å². The zero-order chi connectivity index (χ0) is 17.9. The van der Waals surface area contributed by atoms with Crippen molar-refractivity contribution in [2.75, 3.05) is 20.2 Å². The zero-order valence-electron chi connectivity index (χ0n) is 16.3. The number of rotatable bonds is 6. The summed E-state index contributed by atoms with van der Waals surface area (Å²) in [6.45, 7) is 6.09. The van der Waals surface area contributed by atoms with E-state index in [1.165, 1.54) is 12.8 Å². The van der Waals surface area contributed by atoms with Crippen LogP contribution in [0.25, 0.3) is 0 Å². The first kappa shape index (κ1) is 21.7. The lowest BCUT2D eigenvalue weighted by atomic mass is 9.57. The normalized spacial score (nSPS) is 30.1. The monoisotopic (exact) mass is 479 g/mol. The second-order valence-corrected chi connectivity index (χ2v) is 8.19. The van der Waals surface area contributed by atoms with Gasteiger partial charge in [0.05, 0.1) is 6.10 Å². The molecule has 3 fully saturated rings. The van der Waals surface area contributed by atoms with Gasteiger partial charge in [0, 0.05) is 44.0 Å². The van der Waals surface area contributed by atoms with Crippen LogP contribution < -0.4 is 10.6 Å². The first-order chi connectivity index (χ1) is 12.0. The van der Waals surface area contributed by atoms with Crippen LogP contribution in [-0.4, -0.2) is 50.4 Å². The molecule has 0 radical (unpaired) electrons. The van der Waals surface area contributed by atoms with Crippen LogP contribution in [0.5, 0.6) is 0 Å². The fourth-order valence-electron chi connectivity index (χ4n) is 4.65. The molecule has 1 saturated heterocycles. The van der Waals surface area contributed by atoms with Gasteiger partial charge in [-0.2, -0.15) is 0 Å². The molecule has 7 heteroatoms. The average Bonchev–Trinajstić information content (AvgIpc) is 3.24. The van der Waals surface area contributed by atoms with Crippen molar-refractivity contribution in [1.82, 2.24) is 10.6 Å². The molecule has 1 heterocycles. The van der Waals surface area contributed by atoms with Gasteiger partial charge in [-0.05, 0) is 38.5 Å². The summed E-state index contributed by atoms with van der Waals surface area (Å²) < 4.78 is 11.3. The first-order valence-corrected chi connectivity index (χ1v) is 9.80. The van der Waals surface area contributed by atoms with Gasteiger partial charge in [0.2, 0.25) is 0 Å². The van der Waals surface area contributed by atoms with Crippen LogP contribution in [0, 0.1) is 11.3 Å². The Kier molecular flexibility index (Phi) is 8.00. The Morgan fingerprint density at radius 1 is 1.27 bits per heavy atom. The molecular weight excluding hydrogens is 445 g/mol. The summed E-state index contributed by atoms with van der Waals surface area (Å²) >= 11 is 0. The highest BCUT2D eigenvalue weighted by Crippen LogP contribution is 2.52. The number of ether oxygens (including phenoxy) is 2. The van der Waals surface area contributed by atoms with Crippen molar-refractivity contribution in [3.05, 3.63) is 0 Å². The van der Waals surface area contributed by atoms with E-state index in [1.807, 2.05) is 0 Å². The maximum absolute atomic E-state index is 11.8. The van der Waals surface area contributed by atoms with Gasteiger partial charge in [0.1, 0.15) is 6.10 Å². The lowest BCUT2D eigenvalue weighted by Gasteiger charge is -2.54. The quantitative estimate of drug-likeness (QED) is 0.202. The Bertz CT molecular complexity index is 506. The van der Waals surface area contributed by atoms with Crippen molar-refractivity contribution in [3.8, 4) is 0 Å². The summed E-state index contributed by atoms with van der Waals surface area (Å²) in [7, 11) is 1.79. The number of carbonyl (C=O) groups is 1. The van der Waals surface area contributed by atoms with Gasteiger partial charge in [-0.1, -0.05) is 13.8 Å². The summed E-state index contributed by atoms with van der Waals surface area (Å²) in [5.41, 5.74) is 0.129. The maximum atomic E-state index is 11.8. The number of guanidine groups is 1. The van der Waals surface area contributed by atoms with Crippen LogP contribution in [0.4, 0.5) is 0 Å². The Labute approximate surface area is 174 Å². The number of carbonyl (C=O) groups excluding carboxylic acids is 1. The van der Waals surface area contributed by atoms with Crippen LogP contribution in [0.15, 0.2) is 4.99 Å². The standard InChI is InChI=1S/C19H33N3O3.HI/c1-19(2)16(14-10-12-24-17(14)19)22-18(20-3)21-11-6-9-15(23)25-13-7-4-5-8-13;/h13-14,16-17H,4-12H2,1-3H3,(H2,20,21,22);1H. The number of fused-ring (bicyclic) bond motifs is 1. The van der Waals surface area contributed by atoms with E-state index in [1.54, 1.807) is 7.05 Å². The molecular formula is C19H34IN3O3. The van der Waals surface area contributed by atoms with Crippen molar-refractivity contribution in [1.29, 1.82) is 0 Å². The molecule has 0 aromatic carbocycles. The predicted octanol–water partition coefficient (Wildman–Crippen LogP) is 2.85. The third-order valence-electron chi connectivity index (χ3n) is 6.07. The summed E-state index contributed by atoms with van der Waals surface area (Å²) in [4.78, 5) is 16.2. The molecule has 3 atom stereocenters. The highest BCUT2D eigenvalue weighted by molar-refractivity contribution is 14.0. The van der Waals surface area contributed by atoms with Crippen LogP contribution >= 0.6 is 24.0 Å². The van der Waals surface area contributed by atoms with Gasteiger partial charge in [-0.15, -0.1) is 24.0 Å².